The van der Waals surface area contributed by atoms with Crippen LogP contribution in [0.2, 0.25) is 0 Å². The molecule has 6 heterocycles. The molecule has 0 spiro atoms. The van der Waals surface area contributed by atoms with Gasteiger partial charge < -0.3 is 13.7 Å². The molecule has 143 heavy (non-hydrogen) atoms. The maximum Gasteiger partial charge on any atom is 0.164 e. The van der Waals surface area contributed by atoms with E-state index in [9.17, 15) is 0 Å². The Labute approximate surface area is 821 Å². The van der Waals surface area contributed by atoms with E-state index in [1.54, 1.807) is 0 Å². The summed E-state index contributed by atoms with van der Waals surface area (Å²) in [7, 11) is 0. The topological polar surface area (TPSA) is 131 Å². The molecule has 0 aliphatic carbocycles. The molecule has 29 rings (SSSR count). The number of hydrogen-bond acceptors (Lipinski definition) is 9. The third kappa shape index (κ3) is 14.6. The monoisotopic (exact) mass is 1820 g/mol. The Morgan fingerprint density at radius 2 is 0.350 bits per heavy atom. The van der Waals surface area contributed by atoms with Gasteiger partial charge in [-0.25, -0.2) is 44.9 Å². The highest BCUT2D eigenvalue weighted by atomic mass is 15.1. The Bertz CT molecular complexity index is 9640. The molecule has 0 radical (unpaired) electrons. The average Bonchev–Trinajstić information content (AvgIpc) is 1.58. The van der Waals surface area contributed by atoms with E-state index in [0.717, 1.165) is 99.7 Å². The van der Waals surface area contributed by atoms with Crippen LogP contribution >= 0.6 is 0 Å². The molecule has 29 aromatic rings. The van der Waals surface area contributed by atoms with Crippen molar-refractivity contribution in [2.24, 2.45) is 0 Å². The quantitative estimate of drug-likeness (QED) is 0.117. The van der Waals surface area contributed by atoms with Crippen LogP contribution in [0.5, 0.6) is 0 Å². The van der Waals surface area contributed by atoms with Crippen LogP contribution in [0.3, 0.4) is 0 Å². The fourth-order valence-corrected chi connectivity index (χ4v) is 21.3. The molecule has 0 aliphatic rings. The van der Waals surface area contributed by atoms with Crippen molar-refractivity contribution >= 4 is 152 Å². The van der Waals surface area contributed by atoms with Crippen molar-refractivity contribution in [2.75, 3.05) is 0 Å². The normalized spacial score (nSPS) is 11.6. The summed E-state index contributed by atoms with van der Waals surface area (Å²) in [5.74, 6) is 5.84. The first-order valence-electron chi connectivity index (χ1n) is 48.2. The van der Waals surface area contributed by atoms with E-state index in [2.05, 4.69) is 329 Å². The summed E-state index contributed by atoms with van der Waals surface area (Å²) >= 11 is 0. The minimum Gasteiger partial charge on any atom is -0.309 e. The molecule has 0 aliphatic heterocycles. The summed E-state index contributed by atoms with van der Waals surface area (Å²) in [5, 5.41) is 27.1. The van der Waals surface area contributed by atoms with Gasteiger partial charge in [-0.15, -0.1) is 0 Å². The molecule has 0 N–H and O–H groups in total. The molecule has 0 saturated carbocycles. The Morgan fingerprint density at radius 1 is 0.126 bits per heavy atom. The first-order valence-corrected chi connectivity index (χ1v) is 48.2. The van der Waals surface area contributed by atoms with Crippen molar-refractivity contribution in [1.82, 2.24) is 58.6 Å². The van der Waals surface area contributed by atoms with Crippen LogP contribution in [0.4, 0.5) is 0 Å². The molecule has 0 atom stereocenters. The lowest BCUT2D eigenvalue weighted by molar-refractivity contribution is 1.07. The fourth-order valence-electron chi connectivity index (χ4n) is 21.3. The van der Waals surface area contributed by atoms with Gasteiger partial charge in [-0.3, -0.25) is 0 Å². The summed E-state index contributed by atoms with van der Waals surface area (Å²) in [4.78, 5) is 45.0. The summed E-state index contributed by atoms with van der Waals surface area (Å²) in [6.07, 6.45) is 0. The second-order valence-corrected chi connectivity index (χ2v) is 36.1. The number of rotatable bonds is 12. The molecule has 0 bridgehead atoms. The summed E-state index contributed by atoms with van der Waals surface area (Å²) in [6, 6.07) is 175. The van der Waals surface area contributed by atoms with E-state index in [0.29, 0.717) is 52.4 Å². The van der Waals surface area contributed by atoms with Crippen molar-refractivity contribution in [1.29, 1.82) is 0 Å². The smallest absolute Gasteiger partial charge is 0.164 e. The van der Waals surface area contributed by atoms with Gasteiger partial charge in [-0.05, 0) is 160 Å². The van der Waals surface area contributed by atoms with Gasteiger partial charge in [0.25, 0.3) is 0 Å². The first-order chi connectivity index (χ1) is 70.9. The zero-order valence-corrected chi connectivity index (χ0v) is 77.2. The Balaban J connectivity index is 0.000000107. The van der Waals surface area contributed by atoms with Gasteiger partial charge in [0.1, 0.15) is 0 Å². The summed E-state index contributed by atoms with van der Waals surface area (Å²) < 4.78 is 7.26. The fraction of sp³-hybridized carbons (Fsp3) is 0. The maximum absolute atomic E-state index is 5.10. The third-order valence-corrected chi connectivity index (χ3v) is 27.8. The second-order valence-electron chi connectivity index (χ2n) is 36.1. The number of fused-ring (bicyclic) bond motifs is 23. The van der Waals surface area contributed by atoms with E-state index in [1.165, 1.54) is 119 Å². The zero-order chi connectivity index (χ0) is 94.4. The van der Waals surface area contributed by atoms with Gasteiger partial charge in [0, 0.05) is 98.8 Å². The van der Waals surface area contributed by atoms with Crippen molar-refractivity contribution in [3.05, 3.63) is 497 Å². The average molecular weight is 1820 g/mol. The van der Waals surface area contributed by atoms with Crippen molar-refractivity contribution in [3.8, 4) is 120 Å². The minimum absolute atomic E-state index is 0.636. The number of aromatic nitrogens is 12. The molecule has 666 valence electrons. The molecule has 0 amide bonds. The SMILES string of the molecule is c1ccc(-c2nc(-c3ccccc3)nc(-c3cc(-n4c5ccc6ccccc6c5c5c6ccccc6ccc54)c4ccccc4c3)n2)cc1.c1ccc(-c2nc(-c3ccccc3)nc(-c3ccc(-n4c5ccc6ccccc6c5c5c6ccccc6ccc54)c4ccccc34)n2)cc1.c1ccc(-c2nc(-c3ccccc3)nc(-c3ccc(-n4c5ccc6ccccc6c5c5c6ccccc6ccc54)cc3)n2)cc1. The van der Waals surface area contributed by atoms with Gasteiger partial charge in [-0.1, -0.05) is 413 Å². The first kappa shape index (κ1) is 83.0. The highest BCUT2D eigenvalue weighted by Gasteiger charge is 2.27. The molecule has 12 heteroatoms. The van der Waals surface area contributed by atoms with E-state index < -0.39 is 0 Å². The van der Waals surface area contributed by atoms with Crippen molar-refractivity contribution in [3.63, 3.8) is 0 Å². The van der Waals surface area contributed by atoms with Crippen LogP contribution in [0.25, 0.3) is 271 Å². The molecule has 6 aromatic heterocycles. The third-order valence-electron chi connectivity index (χ3n) is 27.8. The number of benzene rings is 23. The molecule has 0 fully saturated rings. The van der Waals surface area contributed by atoms with Crippen molar-refractivity contribution < 1.29 is 0 Å². The molecular formula is C131H82N12. The lowest BCUT2D eigenvalue weighted by Crippen LogP contribution is -2.01. The second kappa shape index (κ2) is 35.0. The molecule has 12 nitrogen and oxygen atoms in total. The Kier molecular flexibility index (Phi) is 20.3. The molecule has 23 aromatic carbocycles. The largest absolute Gasteiger partial charge is 0.309 e. The van der Waals surface area contributed by atoms with E-state index in [-0.39, 0.29) is 0 Å². The van der Waals surface area contributed by atoms with Gasteiger partial charge in [0.2, 0.25) is 0 Å². The number of nitrogens with zero attached hydrogens (tertiary/aromatic N) is 12. The molecule has 0 unspecified atom stereocenters. The van der Waals surface area contributed by atoms with Crippen LogP contribution in [-0.4, -0.2) is 58.6 Å². The lowest BCUT2D eigenvalue weighted by Gasteiger charge is -2.15. The van der Waals surface area contributed by atoms with E-state index >= 15 is 0 Å². The van der Waals surface area contributed by atoms with Gasteiger partial charge in [0.15, 0.2) is 52.4 Å². The number of hydrogen-bond donors (Lipinski definition) is 0. The van der Waals surface area contributed by atoms with Crippen LogP contribution in [0.1, 0.15) is 0 Å². The van der Waals surface area contributed by atoms with E-state index in [1.807, 2.05) is 182 Å². The zero-order valence-electron chi connectivity index (χ0n) is 77.2. The van der Waals surface area contributed by atoms with Gasteiger partial charge in [-0.2, -0.15) is 0 Å². The minimum atomic E-state index is 0.636. The van der Waals surface area contributed by atoms with Crippen LogP contribution in [0, 0.1) is 0 Å². The standard InChI is InChI=1S/2C45H28N4.C41H26N4/c1-3-15-31(16-4-1)43-46-44(32-17-5-2-6-18-32)48-45(47-43)34-27-33-19-9-10-20-35(33)40(28-34)49-38-25-23-29-13-7-11-21-36(29)41(38)42-37-22-12-8-14-30(37)24-26-39(42)49;1-3-15-31(16-4-1)43-46-44(32-17-5-2-6-18-32)48-45(47-43)37-25-28-38(36-22-12-11-21-35(36)37)49-39-26-23-29-13-7-9-19-33(29)41(39)42-34-20-10-8-14-30(34)24-27-40(42)49;1-3-13-29(14-4-1)39-42-40(30-15-5-2-6-16-30)44-41(43-39)31-19-23-32(24-20-31)45-35-25-21-27-11-7-9-17-33(27)37(35)38-34-18-10-8-12-28(34)22-26-36(38)45/h2*1-28H;1-26H. The van der Waals surface area contributed by atoms with E-state index in [4.69, 9.17) is 44.9 Å². The summed E-state index contributed by atoms with van der Waals surface area (Å²) in [5.41, 5.74) is 18.9. The lowest BCUT2D eigenvalue weighted by atomic mass is 10.00. The Hall–Kier alpha value is -19.4. The molecular weight excluding hydrogens is 1740 g/mol. The van der Waals surface area contributed by atoms with Gasteiger partial charge >= 0.3 is 0 Å². The maximum atomic E-state index is 5.10. The van der Waals surface area contributed by atoms with Crippen LogP contribution in [-0.2, 0) is 0 Å². The van der Waals surface area contributed by atoms with Crippen LogP contribution in [0.15, 0.2) is 497 Å². The predicted octanol–water partition coefficient (Wildman–Crippen LogP) is 33.1. The molecule has 0 saturated heterocycles. The van der Waals surface area contributed by atoms with Crippen molar-refractivity contribution in [2.45, 2.75) is 0 Å². The van der Waals surface area contributed by atoms with Crippen LogP contribution < -0.4 is 0 Å². The summed E-state index contributed by atoms with van der Waals surface area (Å²) in [6.45, 7) is 0. The highest BCUT2D eigenvalue weighted by molar-refractivity contribution is 6.32. The predicted molar refractivity (Wildman–Crippen MR) is 591 cm³/mol. The van der Waals surface area contributed by atoms with Gasteiger partial charge in [0.05, 0.1) is 44.5 Å². The highest BCUT2D eigenvalue weighted by Crippen LogP contribution is 2.48. The Morgan fingerprint density at radius 3 is 0.650 bits per heavy atom.